The summed E-state index contributed by atoms with van der Waals surface area (Å²) >= 11 is 0. The Morgan fingerprint density at radius 2 is 0.688 bits per heavy atom. The van der Waals surface area contributed by atoms with Gasteiger partial charge in [-0.05, 0) is 38.5 Å². The van der Waals surface area contributed by atoms with Crippen LogP contribution in [0.3, 0.4) is 0 Å². The van der Waals surface area contributed by atoms with Crippen LogP contribution in [0.1, 0.15) is 201 Å². The molecule has 6 N–H and O–H groups in total. The summed E-state index contributed by atoms with van der Waals surface area (Å²) in [6, 6.07) is 0. The Bertz CT molecular complexity index is 660. The molecule has 9 nitrogen and oxygen atoms in total. The Morgan fingerprint density at radius 3 is 0.896 bits per heavy atom. The van der Waals surface area contributed by atoms with Gasteiger partial charge in [-0.2, -0.15) is 0 Å². The normalized spacial score (nSPS) is 10.5. The van der Waals surface area contributed by atoms with Crippen LogP contribution in [0.5, 0.6) is 0 Å². The van der Waals surface area contributed by atoms with Crippen molar-refractivity contribution in [2.45, 2.75) is 207 Å². The molecule has 0 aliphatic carbocycles. The van der Waals surface area contributed by atoms with Gasteiger partial charge in [-0.25, -0.2) is 0 Å². The standard InChI is InChI=1S/C18H34O2.C16H32O2.C3H8O3.C2H4O2/c1-2-3-4-5-6-7-8-9-10-11-12-13-14-15-16-17-18(19)20;1-2-3-4-5-6-7-8-9-10-11-12-13-14-15-16(17)18;4-1-3(6)2-5;1-2(3)4/h9-10H,2-8,11-17H2,1H3,(H,19,20);2-15H2,1H3,(H,17,18);3-6H,1-2H2;1H3,(H,3,4). The van der Waals surface area contributed by atoms with E-state index in [1.807, 2.05) is 0 Å². The molecule has 0 aromatic heterocycles. The highest BCUT2D eigenvalue weighted by Gasteiger charge is 1.98. The van der Waals surface area contributed by atoms with Crippen LogP contribution in [0, 0.1) is 0 Å². The van der Waals surface area contributed by atoms with Crippen molar-refractivity contribution in [3.05, 3.63) is 12.2 Å². The predicted molar refractivity (Wildman–Crippen MR) is 199 cm³/mol. The summed E-state index contributed by atoms with van der Waals surface area (Å²) in [5.41, 5.74) is 0. The lowest BCUT2D eigenvalue weighted by Gasteiger charge is -2.02. The molecule has 0 amide bonds. The summed E-state index contributed by atoms with van der Waals surface area (Å²) in [6.45, 7) is 4.87. The van der Waals surface area contributed by atoms with Crippen LogP contribution in [-0.4, -0.2) is 67.9 Å². The van der Waals surface area contributed by atoms with Gasteiger partial charge in [-0.15, -0.1) is 0 Å². The zero-order valence-electron chi connectivity index (χ0n) is 31.4. The Kier molecular flexibility index (Phi) is 54.4. The lowest BCUT2D eigenvalue weighted by Crippen LogP contribution is -2.15. The molecule has 0 aliphatic heterocycles. The van der Waals surface area contributed by atoms with Crippen molar-refractivity contribution in [1.29, 1.82) is 0 Å². The summed E-state index contributed by atoms with van der Waals surface area (Å²) in [5.74, 6) is -2.15. The van der Waals surface area contributed by atoms with E-state index in [1.165, 1.54) is 141 Å². The van der Waals surface area contributed by atoms with Crippen molar-refractivity contribution in [3.8, 4) is 0 Å². The molecule has 9 heteroatoms. The van der Waals surface area contributed by atoms with Crippen molar-refractivity contribution in [2.75, 3.05) is 13.2 Å². The molecule has 0 aliphatic rings. The lowest BCUT2D eigenvalue weighted by atomic mass is 10.0. The average molecular weight is 691 g/mol. The number of carboxylic acids is 3. The summed E-state index contributed by atoms with van der Waals surface area (Å²) in [4.78, 5) is 29.6. The molecule has 0 fully saturated rings. The Morgan fingerprint density at radius 1 is 0.458 bits per heavy atom. The second-order valence-electron chi connectivity index (χ2n) is 12.7. The van der Waals surface area contributed by atoms with Gasteiger partial charge in [0.1, 0.15) is 6.10 Å². The predicted octanol–water partition coefficient (Wildman–Crippen LogP) is 10.1. The van der Waals surface area contributed by atoms with E-state index < -0.39 is 24.0 Å². The molecule has 0 saturated heterocycles. The fraction of sp³-hybridized carbons (Fsp3) is 0.872. The minimum absolute atomic E-state index is 0.332. The summed E-state index contributed by atoms with van der Waals surface area (Å²) < 4.78 is 0. The quantitative estimate of drug-likeness (QED) is 0.0306. The number of allylic oxidation sites excluding steroid dienone is 2. The number of aliphatic hydroxyl groups excluding tert-OH is 3. The maximum absolute atomic E-state index is 10.3. The fourth-order valence-electron chi connectivity index (χ4n) is 4.70. The number of rotatable bonds is 31. The van der Waals surface area contributed by atoms with Crippen LogP contribution in [0.15, 0.2) is 12.2 Å². The third-order valence-corrected chi connectivity index (χ3v) is 7.57. The van der Waals surface area contributed by atoms with Crippen molar-refractivity contribution >= 4 is 17.9 Å². The van der Waals surface area contributed by atoms with Gasteiger partial charge in [-0.1, -0.05) is 154 Å². The van der Waals surface area contributed by atoms with Gasteiger partial charge in [0.15, 0.2) is 0 Å². The first-order valence-electron chi connectivity index (χ1n) is 19.3. The number of aliphatic carboxylic acids is 3. The molecule has 0 heterocycles. The average Bonchev–Trinajstić information content (AvgIpc) is 3.04. The molecule has 48 heavy (non-hydrogen) atoms. The first-order chi connectivity index (χ1) is 23.1. The molecule has 0 bridgehead atoms. The molecule has 0 atom stereocenters. The number of carboxylic acid groups (broad SMARTS) is 3. The first-order valence-corrected chi connectivity index (χ1v) is 19.3. The molecule has 0 aromatic rings. The molecule has 0 aromatic carbocycles. The minimum atomic E-state index is -0.954. The van der Waals surface area contributed by atoms with Crippen LogP contribution in [0.2, 0.25) is 0 Å². The van der Waals surface area contributed by atoms with Crippen molar-refractivity contribution in [1.82, 2.24) is 0 Å². The van der Waals surface area contributed by atoms with Crippen LogP contribution in [0.4, 0.5) is 0 Å². The maximum atomic E-state index is 10.3. The third kappa shape index (κ3) is 70.4. The largest absolute Gasteiger partial charge is 0.481 e. The highest BCUT2D eigenvalue weighted by Crippen LogP contribution is 2.13. The van der Waals surface area contributed by atoms with Gasteiger partial charge in [0.25, 0.3) is 5.97 Å². The number of aliphatic hydroxyl groups is 3. The van der Waals surface area contributed by atoms with Gasteiger partial charge in [-0.3, -0.25) is 14.4 Å². The van der Waals surface area contributed by atoms with Gasteiger partial charge in [0, 0.05) is 19.8 Å². The molecule has 0 unspecified atom stereocenters. The van der Waals surface area contributed by atoms with E-state index in [9.17, 15) is 9.59 Å². The Hall–Kier alpha value is -1.97. The number of hydrogen-bond acceptors (Lipinski definition) is 6. The maximum Gasteiger partial charge on any atom is 0.303 e. The monoisotopic (exact) mass is 691 g/mol. The van der Waals surface area contributed by atoms with E-state index in [-0.39, 0.29) is 13.2 Å². The van der Waals surface area contributed by atoms with Crippen LogP contribution in [-0.2, 0) is 14.4 Å². The van der Waals surface area contributed by atoms with Crippen molar-refractivity contribution < 1.29 is 45.0 Å². The van der Waals surface area contributed by atoms with Crippen LogP contribution < -0.4 is 0 Å². The lowest BCUT2D eigenvalue weighted by molar-refractivity contribution is -0.138. The van der Waals surface area contributed by atoms with E-state index in [1.54, 1.807) is 0 Å². The second-order valence-corrected chi connectivity index (χ2v) is 12.7. The molecular weight excluding hydrogens is 612 g/mol. The van der Waals surface area contributed by atoms with E-state index in [4.69, 9.17) is 35.4 Å². The van der Waals surface area contributed by atoms with E-state index in [2.05, 4.69) is 26.0 Å². The van der Waals surface area contributed by atoms with E-state index in [0.717, 1.165) is 32.6 Å². The van der Waals surface area contributed by atoms with Gasteiger partial charge in [0.05, 0.1) is 13.2 Å². The van der Waals surface area contributed by atoms with Gasteiger partial charge >= 0.3 is 11.9 Å². The molecule has 0 saturated carbocycles. The van der Waals surface area contributed by atoms with E-state index >= 15 is 0 Å². The zero-order valence-corrected chi connectivity index (χ0v) is 31.4. The smallest absolute Gasteiger partial charge is 0.303 e. The molecule has 0 rings (SSSR count). The summed E-state index contributed by atoms with van der Waals surface area (Å²) in [7, 11) is 0. The molecule has 0 spiro atoms. The number of hydrogen-bond donors (Lipinski definition) is 6. The second kappa shape index (κ2) is 49.4. The molecule has 288 valence electrons. The SMILES string of the molecule is CC(=O)O.CCCCCCCCC=CCCCCCCCC(=O)O.CCCCCCCCCCCCCCCC(=O)O.OCC(O)CO. The van der Waals surface area contributed by atoms with Crippen molar-refractivity contribution in [3.63, 3.8) is 0 Å². The molecular formula is C39H78O9. The Balaban J connectivity index is -0.000000315. The van der Waals surface area contributed by atoms with Crippen LogP contribution >= 0.6 is 0 Å². The Labute approximate surface area is 294 Å². The highest BCUT2D eigenvalue weighted by molar-refractivity contribution is 5.66. The fourth-order valence-corrected chi connectivity index (χ4v) is 4.70. The molecule has 0 radical (unpaired) electrons. The van der Waals surface area contributed by atoms with Gasteiger partial charge in [0.2, 0.25) is 0 Å². The topological polar surface area (TPSA) is 173 Å². The third-order valence-electron chi connectivity index (χ3n) is 7.57. The zero-order chi connectivity index (χ0) is 36.9. The first kappa shape index (κ1) is 52.8. The number of carbonyl (C=O) groups is 3. The van der Waals surface area contributed by atoms with Crippen LogP contribution in [0.25, 0.3) is 0 Å². The van der Waals surface area contributed by atoms with E-state index in [0.29, 0.717) is 12.8 Å². The van der Waals surface area contributed by atoms with Crippen molar-refractivity contribution in [2.24, 2.45) is 0 Å². The summed E-state index contributed by atoms with van der Waals surface area (Å²) in [5, 5.41) is 48.4. The summed E-state index contributed by atoms with van der Waals surface area (Å²) in [6.07, 6.45) is 37.6. The number of unbranched alkanes of at least 4 members (excludes halogenated alkanes) is 23. The highest BCUT2D eigenvalue weighted by atomic mass is 16.4. The van der Waals surface area contributed by atoms with Gasteiger partial charge < -0.3 is 30.6 Å². The minimum Gasteiger partial charge on any atom is -0.481 e.